The molecule has 15 heavy (non-hydrogen) atoms. The number of fused-ring (bicyclic) bond motifs is 1. The third kappa shape index (κ3) is 1.92. The molecule has 0 bridgehead atoms. The molecule has 0 fully saturated rings. The van der Waals surface area contributed by atoms with Crippen LogP contribution >= 0.6 is 11.6 Å². The van der Waals surface area contributed by atoms with Crippen LogP contribution in [0.2, 0.25) is 0 Å². The molecule has 2 aromatic heterocycles. The SMILES string of the molecule is FC(F)Cn1c(CCl)nc2ccncc21. The maximum Gasteiger partial charge on any atom is 0.256 e. The fourth-order valence-corrected chi connectivity index (χ4v) is 1.67. The molecule has 0 aromatic carbocycles. The summed E-state index contributed by atoms with van der Waals surface area (Å²) in [5.41, 5.74) is 1.23. The molecule has 2 rings (SSSR count). The zero-order valence-electron chi connectivity index (χ0n) is 7.70. The van der Waals surface area contributed by atoms with Gasteiger partial charge in [0.05, 0.1) is 29.7 Å². The zero-order valence-corrected chi connectivity index (χ0v) is 8.46. The molecular weight excluding hydrogens is 224 g/mol. The third-order valence-corrected chi connectivity index (χ3v) is 2.31. The second-order valence-electron chi connectivity index (χ2n) is 3.03. The fourth-order valence-electron chi connectivity index (χ4n) is 1.46. The van der Waals surface area contributed by atoms with E-state index in [0.717, 1.165) is 0 Å². The lowest BCUT2D eigenvalue weighted by molar-refractivity contribution is 0.127. The molecule has 0 unspecified atom stereocenters. The molecule has 0 atom stereocenters. The van der Waals surface area contributed by atoms with Crippen LogP contribution in [0.3, 0.4) is 0 Å². The average molecular weight is 232 g/mol. The van der Waals surface area contributed by atoms with Gasteiger partial charge in [0.25, 0.3) is 6.43 Å². The van der Waals surface area contributed by atoms with Gasteiger partial charge < -0.3 is 4.57 Å². The van der Waals surface area contributed by atoms with Gasteiger partial charge in [-0.25, -0.2) is 13.8 Å². The molecule has 0 spiro atoms. The Hall–Kier alpha value is -1.23. The van der Waals surface area contributed by atoms with Gasteiger partial charge in [-0.05, 0) is 6.07 Å². The van der Waals surface area contributed by atoms with Crippen LogP contribution in [0.15, 0.2) is 18.5 Å². The van der Waals surface area contributed by atoms with Crippen molar-refractivity contribution in [1.82, 2.24) is 14.5 Å². The predicted molar refractivity (Wildman–Crippen MR) is 53.1 cm³/mol. The Morgan fingerprint density at radius 3 is 2.93 bits per heavy atom. The summed E-state index contributed by atoms with van der Waals surface area (Å²) in [5.74, 6) is 0.557. The highest BCUT2D eigenvalue weighted by atomic mass is 35.5. The molecule has 0 aliphatic heterocycles. The molecular formula is C9H8ClF2N3. The van der Waals surface area contributed by atoms with E-state index in [1.165, 1.54) is 10.8 Å². The Labute approximate surface area is 89.7 Å². The van der Waals surface area contributed by atoms with Crippen molar-refractivity contribution in [3.05, 3.63) is 24.3 Å². The largest absolute Gasteiger partial charge is 0.320 e. The highest BCUT2D eigenvalue weighted by Gasteiger charge is 2.13. The molecule has 0 aliphatic rings. The monoisotopic (exact) mass is 231 g/mol. The summed E-state index contributed by atoms with van der Waals surface area (Å²) in [7, 11) is 0. The van der Waals surface area contributed by atoms with E-state index in [1.54, 1.807) is 12.3 Å². The van der Waals surface area contributed by atoms with Gasteiger partial charge in [-0.2, -0.15) is 0 Å². The lowest BCUT2D eigenvalue weighted by Crippen LogP contribution is -2.09. The third-order valence-electron chi connectivity index (χ3n) is 2.07. The van der Waals surface area contributed by atoms with E-state index in [9.17, 15) is 8.78 Å². The van der Waals surface area contributed by atoms with Crippen molar-refractivity contribution in [2.24, 2.45) is 0 Å². The Bertz CT molecular complexity index is 469. The van der Waals surface area contributed by atoms with Crippen LogP contribution in [0.4, 0.5) is 8.78 Å². The van der Waals surface area contributed by atoms with Gasteiger partial charge >= 0.3 is 0 Å². The Morgan fingerprint density at radius 1 is 1.47 bits per heavy atom. The average Bonchev–Trinajstić information content (AvgIpc) is 2.56. The van der Waals surface area contributed by atoms with E-state index in [2.05, 4.69) is 9.97 Å². The van der Waals surface area contributed by atoms with Gasteiger partial charge in [0.2, 0.25) is 0 Å². The van der Waals surface area contributed by atoms with Crippen LogP contribution in [0.25, 0.3) is 11.0 Å². The molecule has 0 saturated heterocycles. The first-order valence-corrected chi connectivity index (χ1v) is 4.89. The van der Waals surface area contributed by atoms with Crippen molar-refractivity contribution in [2.75, 3.05) is 0 Å². The summed E-state index contributed by atoms with van der Waals surface area (Å²) < 4.78 is 26.1. The summed E-state index contributed by atoms with van der Waals surface area (Å²) >= 11 is 5.64. The van der Waals surface area contributed by atoms with Gasteiger partial charge in [-0.15, -0.1) is 11.6 Å². The summed E-state index contributed by atoms with van der Waals surface area (Å²) in [6.07, 6.45) is 0.658. The van der Waals surface area contributed by atoms with Crippen LogP contribution in [0.1, 0.15) is 5.82 Å². The van der Waals surface area contributed by atoms with Gasteiger partial charge in [0.1, 0.15) is 5.82 Å². The topological polar surface area (TPSA) is 30.7 Å². The molecule has 6 heteroatoms. The number of imidazole rings is 1. The van der Waals surface area contributed by atoms with Crippen molar-refractivity contribution >= 4 is 22.6 Å². The van der Waals surface area contributed by atoms with E-state index < -0.39 is 13.0 Å². The van der Waals surface area contributed by atoms with Gasteiger partial charge in [-0.3, -0.25) is 4.98 Å². The number of nitrogens with zero attached hydrogens (tertiary/aromatic N) is 3. The molecule has 0 saturated carbocycles. The van der Waals surface area contributed by atoms with Crippen LogP contribution in [0, 0.1) is 0 Å². The van der Waals surface area contributed by atoms with Crippen molar-refractivity contribution in [2.45, 2.75) is 18.9 Å². The molecule has 80 valence electrons. The summed E-state index contributed by atoms with van der Waals surface area (Å²) in [6.45, 7) is -0.399. The minimum absolute atomic E-state index is 0.112. The standard InChI is InChI=1S/C9H8ClF2N3/c10-3-9-14-6-1-2-13-4-7(6)15(9)5-8(11)12/h1-2,4,8H,3,5H2. The maximum atomic E-state index is 12.3. The van der Waals surface area contributed by atoms with Crippen molar-refractivity contribution in [3.63, 3.8) is 0 Å². The highest BCUT2D eigenvalue weighted by Crippen LogP contribution is 2.17. The number of aromatic nitrogens is 3. The summed E-state index contributed by atoms with van der Waals surface area (Å²) in [4.78, 5) is 8.02. The van der Waals surface area contributed by atoms with Gasteiger partial charge in [0, 0.05) is 6.20 Å². The smallest absolute Gasteiger partial charge is 0.256 e. The summed E-state index contributed by atoms with van der Waals surface area (Å²) in [5, 5.41) is 0. The van der Waals surface area contributed by atoms with E-state index in [-0.39, 0.29) is 5.88 Å². The first-order chi connectivity index (χ1) is 7.22. The molecule has 0 radical (unpaired) electrons. The normalized spacial score (nSPS) is 11.5. The van der Waals surface area contributed by atoms with Crippen LogP contribution < -0.4 is 0 Å². The van der Waals surface area contributed by atoms with Crippen molar-refractivity contribution in [3.8, 4) is 0 Å². The van der Waals surface area contributed by atoms with Gasteiger partial charge in [-0.1, -0.05) is 0 Å². The van der Waals surface area contributed by atoms with Crippen LogP contribution in [0.5, 0.6) is 0 Å². The summed E-state index contributed by atoms with van der Waals surface area (Å²) in [6, 6.07) is 1.67. The molecule has 0 N–H and O–H groups in total. The van der Waals surface area contributed by atoms with E-state index in [1.807, 2.05) is 0 Å². The molecule has 0 aliphatic carbocycles. The first kappa shape index (κ1) is 10.3. The zero-order chi connectivity index (χ0) is 10.8. The number of pyridine rings is 1. The molecule has 2 heterocycles. The van der Waals surface area contributed by atoms with Crippen molar-refractivity contribution < 1.29 is 8.78 Å². The maximum absolute atomic E-state index is 12.3. The predicted octanol–water partition coefficient (Wildman–Crippen LogP) is 2.44. The van der Waals surface area contributed by atoms with Gasteiger partial charge in [0.15, 0.2) is 0 Å². The van der Waals surface area contributed by atoms with E-state index in [0.29, 0.717) is 16.9 Å². The first-order valence-electron chi connectivity index (χ1n) is 4.35. The lowest BCUT2D eigenvalue weighted by atomic mass is 10.4. The number of halogens is 3. The molecule has 3 nitrogen and oxygen atoms in total. The number of rotatable bonds is 3. The second-order valence-corrected chi connectivity index (χ2v) is 3.30. The minimum Gasteiger partial charge on any atom is -0.320 e. The Kier molecular flexibility index (Phi) is 2.81. The molecule has 2 aromatic rings. The number of alkyl halides is 3. The number of hydrogen-bond acceptors (Lipinski definition) is 2. The minimum atomic E-state index is -2.43. The quantitative estimate of drug-likeness (QED) is 0.760. The van der Waals surface area contributed by atoms with Crippen LogP contribution in [-0.2, 0) is 12.4 Å². The Morgan fingerprint density at radius 2 is 2.27 bits per heavy atom. The fraction of sp³-hybridized carbons (Fsp3) is 0.333. The van der Waals surface area contributed by atoms with E-state index >= 15 is 0 Å². The number of hydrogen-bond donors (Lipinski definition) is 0. The second kappa shape index (κ2) is 4.10. The van der Waals surface area contributed by atoms with E-state index in [4.69, 9.17) is 11.6 Å². The lowest BCUT2D eigenvalue weighted by Gasteiger charge is -2.05. The highest BCUT2D eigenvalue weighted by molar-refractivity contribution is 6.16. The van der Waals surface area contributed by atoms with Crippen LogP contribution in [-0.4, -0.2) is 21.0 Å². The molecule has 0 amide bonds. The Balaban J connectivity index is 2.56. The van der Waals surface area contributed by atoms with Crippen molar-refractivity contribution in [1.29, 1.82) is 0 Å².